The van der Waals surface area contributed by atoms with Gasteiger partial charge < -0.3 is 10.2 Å². The summed E-state index contributed by atoms with van der Waals surface area (Å²) in [4.78, 5) is 22.0. The van der Waals surface area contributed by atoms with E-state index in [9.17, 15) is 4.79 Å². The van der Waals surface area contributed by atoms with Crippen LogP contribution in [0.5, 0.6) is 0 Å². The van der Waals surface area contributed by atoms with E-state index in [4.69, 9.17) is 11.6 Å². The van der Waals surface area contributed by atoms with Gasteiger partial charge in [-0.2, -0.15) is 4.98 Å². The average Bonchev–Trinajstić information content (AvgIpc) is 2.30. The minimum atomic E-state index is -0.234. The fraction of sp³-hybridized carbons (Fsp3) is 0.583. The van der Waals surface area contributed by atoms with Crippen LogP contribution < -0.4 is 10.2 Å². The molecule has 0 aromatic carbocycles. The molecule has 0 aliphatic carbocycles. The Morgan fingerprint density at radius 1 is 1.56 bits per heavy atom. The highest BCUT2D eigenvalue weighted by Crippen LogP contribution is 2.30. The highest BCUT2D eigenvalue weighted by atomic mass is 35.5. The number of anilines is 2. The van der Waals surface area contributed by atoms with Gasteiger partial charge in [-0.1, -0.05) is 13.8 Å². The van der Waals surface area contributed by atoms with Crippen molar-refractivity contribution in [1.82, 2.24) is 9.97 Å². The summed E-state index contributed by atoms with van der Waals surface area (Å²) < 4.78 is 0. The summed E-state index contributed by atoms with van der Waals surface area (Å²) in [5.41, 5.74) is 0.631. The second-order valence-corrected chi connectivity index (χ2v) is 5.26. The molecule has 98 valence electrons. The Hall–Kier alpha value is -1.36. The van der Waals surface area contributed by atoms with Gasteiger partial charge in [-0.3, -0.25) is 4.79 Å². The summed E-state index contributed by atoms with van der Waals surface area (Å²) in [5.74, 6) is 1.25. The topological polar surface area (TPSA) is 58.1 Å². The Labute approximate surface area is 112 Å². The van der Waals surface area contributed by atoms with E-state index in [2.05, 4.69) is 29.1 Å². The molecule has 6 heteroatoms. The second-order valence-electron chi connectivity index (χ2n) is 4.92. The van der Waals surface area contributed by atoms with Gasteiger partial charge in [-0.25, -0.2) is 4.98 Å². The van der Waals surface area contributed by atoms with E-state index in [1.54, 1.807) is 6.20 Å². The van der Waals surface area contributed by atoms with Crippen molar-refractivity contribution < 1.29 is 4.79 Å². The van der Waals surface area contributed by atoms with E-state index < -0.39 is 0 Å². The predicted octanol–water partition coefficient (Wildman–Crippen LogP) is 2.32. The fourth-order valence-corrected chi connectivity index (χ4v) is 2.05. The highest BCUT2D eigenvalue weighted by molar-refractivity contribution is 6.28. The number of hydrogen-bond acceptors (Lipinski definition) is 4. The van der Waals surface area contributed by atoms with Gasteiger partial charge in [0.15, 0.2) is 5.82 Å². The number of carbonyl (C=O) groups is 1. The Kier molecular flexibility index (Phi) is 3.71. The number of nitrogens with one attached hydrogen (secondary N) is 1. The van der Waals surface area contributed by atoms with E-state index in [1.807, 2.05) is 11.8 Å². The lowest BCUT2D eigenvalue weighted by molar-refractivity contribution is -0.117. The van der Waals surface area contributed by atoms with Crippen molar-refractivity contribution in [3.8, 4) is 0 Å². The van der Waals surface area contributed by atoms with Gasteiger partial charge in [-0.05, 0) is 30.9 Å². The van der Waals surface area contributed by atoms with Crippen LogP contribution >= 0.6 is 11.6 Å². The summed E-state index contributed by atoms with van der Waals surface area (Å²) in [5, 5.41) is 2.99. The van der Waals surface area contributed by atoms with Crippen molar-refractivity contribution in [3.05, 3.63) is 11.5 Å². The van der Waals surface area contributed by atoms with Crippen LogP contribution in [0.15, 0.2) is 6.20 Å². The maximum absolute atomic E-state index is 11.9. The molecule has 1 aliphatic rings. The van der Waals surface area contributed by atoms with Crippen LogP contribution in [-0.4, -0.2) is 28.5 Å². The van der Waals surface area contributed by atoms with Crippen LogP contribution in [0.25, 0.3) is 0 Å². The van der Waals surface area contributed by atoms with E-state index >= 15 is 0 Å². The Morgan fingerprint density at radius 3 is 2.94 bits per heavy atom. The Balaban J connectivity index is 2.31. The van der Waals surface area contributed by atoms with Gasteiger partial charge in [0.1, 0.15) is 11.7 Å². The zero-order chi connectivity index (χ0) is 13.3. The van der Waals surface area contributed by atoms with Crippen LogP contribution in [0.4, 0.5) is 11.5 Å². The summed E-state index contributed by atoms with van der Waals surface area (Å²) in [6, 6.07) is -0.234. The zero-order valence-electron chi connectivity index (χ0n) is 10.8. The molecule has 0 saturated carbocycles. The number of fused-ring (bicyclic) bond motifs is 1. The number of rotatable bonds is 3. The van der Waals surface area contributed by atoms with Crippen molar-refractivity contribution in [3.63, 3.8) is 0 Å². The van der Waals surface area contributed by atoms with Gasteiger partial charge >= 0.3 is 0 Å². The van der Waals surface area contributed by atoms with Gasteiger partial charge in [0.2, 0.25) is 11.2 Å². The SMILES string of the molecule is CC(C)CCN1c2nc(Cl)ncc2NC(=O)[C@@H]1C. The second kappa shape index (κ2) is 5.10. The van der Waals surface area contributed by atoms with E-state index in [0.29, 0.717) is 17.4 Å². The van der Waals surface area contributed by atoms with Crippen molar-refractivity contribution in [1.29, 1.82) is 0 Å². The normalized spacial score (nSPS) is 18.8. The van der Waals surface area contributed by atoms with E-state index in [-0.39, 0.29) is 17.2 Å². The van der Waals surface area contributed by atoms with Crippen molar-refractivity contribution in [2.75, 3.05) is 16.8 Å². The van der Waals surface area contributed by atoms with Crippen LogP contribution in [0.1, 0.15) is 27.2 Å². The molecule has 0 radical (unpaired) electrons. The molecule has 0 bridgehead atoms. The number of hydrogen-bond donors (Lipinski definition) is 1. The monoisotopic (exact) mass is 268 g/mol. The number of nitrogens with zero attached hydrogens (tertiary/aromatic N) is 3. The highest BCUT2D eigenvalue weighted by Gasteiger charge is 2.30. The predicted molar refractivity (Wildman–Crippen MR) is 71.9 cm³/mol. The number of amides is 1. The standard InChI is InChI=1S/C12H17ClN4O/c1-7(2)4-5-17-8(3)11(18)15-9-6-14-12(13)16-10(9)17/h6-8H,4-5H2,1-3H3,(H,15,18)/t8-/m0/s1. The maximum Gasteiger partial charge on any atom is 0.246 e. The van der Waals surface area contributed by atoms with Crippen LogP contribution in [0.3, 0.4) is 0 Å². The molecule has 1 aromatic heterocycles. The minimum Gasteiger partial charge on any atom is -0.343 e. The lowest BCUT2D eigenvalue weighted by atomic mass is 10.1. The van der Waals surface area contributed by atoms with Crippen molar-refractivity contribution in [2.24, 2.45) is 5.92 Å². The summed E-state index contributed by atoms with van der Waals surface area (Å²) in [7, 11) is 0. The lowest BCUT2D eigenvalue weighted by Gasteiger charge is -2.35. The Bertz CT molecular complexity index is 463. The molecular weight excluding hydrogens is 252 g/mol. The zero-order valence-corrected chi connectivity index (χ0v) is 11.5. The molecule has 0 spiro atoms. The van der Waals surface area contributed by atoms with Crippen LogP contribution in [0.2, 0.25) is 5.28 Å². The molecule has 5 nitrogen and oxygen atoms in total. The smallest absolute Gasteiger partial charge is 0.246 e. The molecule has 0 fully saturated rings. The molecule has 2 heterocycles. The van der Waals surface area contributed by atoms with Gasteiger partial charge in [0, 0.05) is 6.54 Å². The quantitative estimate of drug-likeness (QED) is 0.855. The molecule has 0 unspecified atom stereocenters. The molecule has 18 heavy (non-hydrogen) atoms. The van der Waals surface area contributed by atoms with Crippen LogP contribution in [0, 0.1) is 5.92 Å². The molecule has 0 saturated heterocycles. The van der Waals surface area contributed by atoms with E-state index in [1.165, 1.54) is 0 Å². The molecular formula is C12H17ClN4O. The Morgan fingerprint density at radius 2 is 2.28 bits per heavy atom. The van der Waals surface area contributed by atoms with Gasteiger partial charge in [0.25, 0.3) is 0 Å². The first-order valence-corrected chi connectivity index (χ1v) is 6.47. The molecule has 2 rings (SSSR count). The summed E-state index contributed by atoms with van der Waals surface area (Å²) in [6.07, 6.45) is 2.55. The first-order chi connectivity index (χ1) is 8.49. The third-order valence-corrected chi connectivity index (χ3v) is 3.25. The summed E-state index contributed by atoms with van der Waals surface area (Å²) >= 11 is 5.83. The number of carbonyl (C=O) groups excluding carboxylic acids is 1. The molecule has 1 aliphatic heterocycles. The third-order valence-electron chi connectivity index (χ3n) is 3.06. The lowest BCUT2D eigenvalue weighted by Crippen LogP contribution is -2.47. The molecule has 1 amide bonds. The van der Waals surface area contributed by atoms with Crippen molar-refractivity contribution in [2.45, 2.75) is 33.2 Å². The first kappa shape index (κ1) is 13.1. The first-order valence-electron chi connectivity index (χ1n) is 6.09. The maximum atomic E-state index is 11.9. The van der Waals surface area contributed by atoms with Gasteiger partial charge in [0.05, 0.1) is 6.20 Å². The minimum absolute atomic E-state index is 0.0304. The average molecular weight is 269 g/mol. The summed E-state index contributed by atoms with van der Waals surface area (Å²) in [6.45, 7) is 6.96. The number of aromatic nitrogens is 2. The van der Waals surface area contributed by atoms with Gasteiger partial charge in [-0.15, -0.1) is 0 Å². The molecule has 1 N–H and O–H groups in total. The van der Waals surface area contributed by atoms with Crippen LogP contribution in [-0.2, 0) is 4.79 Å². The van der Waals surface area contributed by atoms with E-state index in [0.717, 1.165) is 13.0 Å². The largest absolute Gasteiger partial charge is 0.343 e. The fourth-order valence-electron chi connectivity index (χ4n) is 1.92. The molecule has 1 aromatic rings. The third kappa shape index (κ3) is 2.56. The molecule has 1 atom stereocenters. The van der Waals surface area contributed by atoms with Crippen molar-refractivity contribution >= 4 is 29.0 Å². The number of halogens is 1.